The Morgan fingerprint density at radius 1 is 1.19 bits per heavy atom. The molecule has 1 saturated carbocycles. The van der Waals surface area contributed by atoms with E-state index in [2.05, 4.69) is 22.2 Å². The van der Waals surface area contributed by atoms with Crippen LogP contribution >= 0.6 is 0 Å². The smallest absolute Gasteiger partial charge is 0.241 e. The molecule has 0 spiro atoms. The fraction of sp³-hybridized carbons (Fsp3) is 0.650. The van der Waals surface area contributed by atoms with E-state index in [9.17, 15) is 9.18 Å². The number of likely N-dealkylation sites (N-methyl/N-ethyl adjacent to an activating group) is 2. The number of hydrogen-bond acceptors (Lipinski definition) is 4. The van der Waals surface area contributed by atoms with Crippen LogP contribution in [-0.2, 0) is 4.79 Å². The molecule has 2 fully saturated rings. The van der Waals surface area contributed by atoms with E-state index in [1.54, 1.807) is 12.1 Å². The Balaban J connectivity index is 1.55. The summed E-state index contributed by atoms with van der Waals surface area (Å²) in [5, 5.41) is 3.17. The molecular formula is C20H31FN4O. The van der Waals surface area contributed by atoms with Gasteiger partial charge in [0.2, 0.25) is 5.91 Å². The van der Waals surface area contributed by atoms with Crippen molar-refractivity contribution in [3.8, 4) is 0 Å². The molecule has 1 aliphatic carbocycles. The molecule has 26 heavy (non-hydrogen) atoms. The van der Waals surface area contributed by atoms with Gasteiger partial charge in [0.1, 0.15) is 11.9 Å². The zero-order chi connectivity index (χ0) is 18.7. The molecule has 0 aromatic heterocycles. The molecule has 2 aliphatic rings. The number of benzene rings is 1. The Bertz CT molecular complexity index is 607. The maximum Gasteiger partial charge on any atom is 0.241 e. The van der Waals surface area contributed by atoms with Crippen molar-refractivity contribution in [3.05, 3.63) is 35.6 Å². The Hall–Kier alpha value is -1.50. The lowest BCUT2D eigenvalue weighted by Crippen LogP contribution is -2.48. The number of piperazine rings is 1. The van der Waals surface area contributed by atoms with Gasteiger partial charge in [-0.25, -0.2) is 4.39 Å². The third-order valence-corrected chi connectivity index (χ3v) is 5.70. The van der Waals surface area contributed by atoms with Gasteiger partial charge in [0, 0.05) is 44.7 Å². The molecule has 1 atom stereocenters. The summed E-state index contributed by atoms with van der Waals surface area (Å²) in [6.07, 6.45) is 2.37. The summed E-state index contributed by atoms with van der Waals surface area (Å²) in [6, 6.07) is 5.81. The molecule has 5 nitrogen and oxygen atoms in total. The highest BCUT2D eigenvalue weighted by atomic mass is 19.1. The molecule has 0 radical (unpaired) electrons. The van der Waals surface area contributed by atoms with Crippen LogP contribution in [0, 0.1) is 11.2 Å². The summed E-state index contributed by atoms with van der Waals surface area (Å²) >= 11 is 0. The van der Waals surface area contributed by atoms with Gasteiger partial charge < -0.3 is 15.1 Å². The van der Waals surface area contributed by atoms with Gasteiger partial charge >= 0.3 is 0 Å². The first-order valence-electron chi connectivity index (χ1n) is 9.49. The summed E-state index contributed by atoms with van der Waals surface area (Å²) in [5.74, 6) is -0.290. The van der Waals surface area contributed by atoms with Gasteiger partial charge in [0.25, 0.3) is 0 Å². The van der Waals surface area contributed by atoms with Crippen LogP contribution in [0.1, 0.15) is 24.4 Å². The zero-order valence-corrected chi connectivity index (χ0v) is 16.2. The van der Waals surface area contributed by atoms with Crippen molar-refractivity contribution in [2.75, 3.05) is 60.4 Å². The van der Waals surface area contributed by atoms with Crippen LogP contribution in [0.15, 0.2) is 24.3 Å². The standard InChI is InChI=1S/C20H31FN4O/c1-23(2)18(16-4-6-17(21)7-5-16)19(26)22-14-20(8-9-20)15-25-12-10-24(3)11-13-25/h4-7,18H,8-15H2,1-3H3,(H,22,26)/t18-/m1/s1. The highest BCUT2D eigenvalue weighted by Gasteiger charge is 2.44. The number of amides is 1. The number of carbonyl (C=O) groups is 1. The van der Waals surface area contributed by atoms with Gasteiger partial charge in [-0.3, -0.25) is 9.69 Å². The SMILES string of the molecule is CN1CCN(CC2(CNC(=O)[C@@H](c3ccc(F)cc3)N(C)C)CC2)CC1. The van der Waals surface area contributed by atoms with Crippen molar-refractivity contribution in [3.63, 3.8) is 0 Å². The van der Waals surface area contributed by atoms with Gasteiger partial charge in [-0.05, 0) is 51.7 Å². The van der Waals surface area contributed by atoms with Crippen LogP contribution in [-0.4, -0.2) is 81.0 Å². The maximum absolute atomic E-state index is 13.2. The number of hydrogen-bond donors (Lipinski definition) is 1. The minimum Gasteiger partial charge on any atom is -0.354 e. The van der Waals surface area contributed by atoms with Gasteiger partial charge in [-0.1, -0.05) is 12.1 Å². The molecule has 1 aromatic carbocycles. The Kier molecular flexibility index (Phi) is 5.95. The molecule has 1 N–H and O–H groups in total. The summed E-state index contributed by atoms with van der Waals surface area (Å²) in [5.41, 5.74) is 1.06. The quantitative estimate of drug-likeness (QED) is 0.799. The number of carbonyl (C=O) groups excluding carboxylic acids is 1. The largest absolute Gasteiger partial charge is 0.354 e. The number of rotatable bonds is 7. The average molecular weight is 362 g/mol. The van der Waals surface area contributed by atoms with E-state index in [4.69, 9.17) is 0 Å². The number of nitrogens with one attached hydrogen (secondary N) is 1. The van der Waals surface area contributed by atoms with Gasteiger partial charge in [0.05, 0.1) is 0 Å². The van der Waals surface area contributed by atoms with Gasteiger partial charge in [0.15, 0.2) is 0 Å². The van der Waals surface area contributed by atoms with Gasteiger partial charge in [-0.15, -0.1) is 0 Å². The Morgan fingerprint density at radius 2 is 1.81 bits per heavy atom. The first-order valence-corrected chi connectivity index (χ1v) is 9.49. The first-order chi connectivity index (χ1) is 12.4. The monoisotopic (exact) mass is 362 g/mol. The van der Waals surface area contributed by atoms with E-state index in [1.165, 1.54) is 25.0 Å². The predicted molar refractivity (Wildman–Crippen MR) is 101 cm³/mol. The third kappa shape index (κ3) is 4.81. The van der Waals surface area contributed by atoms with Crippen molar-refractivity contribution in [2.45, 2.75) is 18.9 Å². The summed E-state index contributed by atoms with van der Waals surface area (Å²) < 4.78 is 13.2. The first kappa shape index (κ1) is 19.3. The lowest BCUT2D eigenvalue weighted by atomic mass is 10.0. The van der Waals surface area contributed by atoms with Crippen LogP contribution in [0.3, 0.4) is 0 Å². The number of nitrogens with zero attached hydrogens (tertiary/aromatic N) is 3. The van der Waals surface area contributed by atoms with E-state index in [-0.39, 0.29) is 17.1 Å². The minimum absolute atomic E-state index is 0.00809. The van der Waals surface area contributed by atoms with Crippen LogP contribution < -0.4 is 5.32 Å². The molecule has 0 bridgehead atoms. The van der Waals surface area contributed by atoms with E-state index >= 15 is 0 Å². The summed E-state index contributed by atoms with van der Waals surface area (Å²) in [4.78, 5) is 19.6. The third-order valence-electron chi connectivity index (χ3n) is 5.70. The van der Waals surface area contributed by atoms with Crippen LogP contribution in [0.4, 0.5) is 4.39 Å². The number of halogens is 1. The van der Waals surface area contributed by atoms with Crippen LogP contribution in [0.5, 0.6) is 0 Å². The fourth-order valence-corrected chi connectivity index (χ4v) is 3.75. The van der Waals surface area contributed by atoms with Crippen LogP contribution in [0.2, 0.25) is 0 Å². The zero-order valence-electron chi connectivity index (χ0n) is 16.2. The second-order valence-corrected chi connectivity index (χ2v) is 8.21. The molecular weight excluding hydrogens is 331 g/mol. The Labute approximate surface area is 156 Å². The highest BCUT2D eigenvalue weighted by molar-refractivity contribution is 5.83. The molecule has 0 unspecified atom stereocenters. The van der Waals surface area contributed by atoms with Crippen molar-refractivity contribution < 1.29 is 9.18 Å². The summed E-state index contributed by atoms with van der Waals surface area (Å²) in [6.45, 7) is 6.27. The minimum atomic E-state index is -0.393. The molecule has 6 heteroatoms. The van der Waals surface area contributed by atoms with Crippen molar-refractivity contribution in [1.82, 2.24) is 20.0 Å². The predicted octanol–water partition coefficient (Wildman–Crippen LogP) is 1.57. The van der Waals surface area contributed by atoms with E-state index in [0.29, 0.717) is 0 Å². The molecule has 1 saturated heterocycles. The van der Waals surface area contributed by atoms with E-state index in [0.717, 1.165) is 44.8 Å². The molecule has 1 heterocycles. The second kappa shape index (κ2) is 8.03. The second-order valence-electron chi connectivity index (χ2n) is 8.21. The van der Waals surface area contributed by atoms with Crippen molar-refractivity contribution >= 4 is 5.91 Å². The lowest BCUT2D eigenvalue weighted by Gasteiger charge is -2.35. The molecule has 1 amide bonds. The van der Waals surface area contributed by atoms with Gasteiger partial charge in [-0.2, -0.15) is 0 Å². The molecule has 144 valence electrons. The fourth-order valence-electron chi connectivity index (χ4n) is 3.75. The van der Waals surface area contributed by atoms with E-state index < -0.39 is 6.04 Å². The highest BCUT2D eigenvalue weighted by Crippen LogP contribution is 2.45. The van der Waals surface area contributed by atoms with Crippen molar-refractivity contribution in [2.24, 2.45) is 5.41 Å². The normalized spacial score (nSPS) is 21.6. The molecule has 1 aliphatic heterocycles. The van der Waals surface area contributed by atoms with Crippen molar-refractivity contribution in [1.29, 1.82) is 0 Å². The summed E-state index contributed by atoms with van der Waals surface area (Å²) in [7, 11) is 5.93. The van der Waals surface area contributed by atoms with Crippen LogP contribution in [0.25, 0.3) is 0 Å². The molecule has 1 aromatic rings. The van der Waals surface area contributed by atoms with E-state index in [1.807, 2.05) is 19.0 Å². The topological polar surface area (TPSA) is 38.8 Å². The Morgan fingerprint density at radius 3 is 2.35 bits per heavy atom. The average Bonchev–Trinajstić information content (AvgIpc) is 3.37. The molecule has 3 rings (SSSR count). The lowest BCUT2D eigenvalue weighted by molar-refractivity contribution is -0.126. The maximum atomic E-state index is 13.2.